The fraction of sp³-hybridized carbons (Fsp3) is 0.438. The second-order valence-electron chi connectivity index (χ2n) is 11.2. The fourth-order valence-electron chi connectivity index (χ4n) is 5.05. The van der Waals surface area contributed by atoms with Crippen molar-refractivity contribution in [3.05, 3.63) is 76.2 Å². The second-order valence-corrected chi connectivity index (χ2v) is 12.2. The number of phenolic OH excluding ortho intramolecular Hbond substituents is 1. The number of aromatic hydroxyl groups is 1. The average molecular weight is 608 g/mol. The number of ether oxygens (including phenoxy) is 1. The number of benzene rings is 2. The van der Waals surface area contributed by atoms with Gasteiger partial charge in [0.1, 0.15) is 23.9 Å². The van der Waals surface area contributed by atoms with Crippen molar-refractivity contribution in [1.29, 1.82) is 0 Å². The van der Waals surface area contributed by atoms with Crippen LogP contribution in [-0.2, 0) is 17.8 Å². The Labute approximate surface area is 257 Å². The summed E-state index contributed by atoms with van der Waals surface area (Å²) in [7, 11) is 0. The third-order valence-corrected chi connectivity index (χ3v) is 8.00. The zero-order chi connectivity index (χ0) is 30.8. The lowest BCUT2D eigenvalue weighted by Gasteiger charge is -2.31. The topological polar surface area (TPSA) is 128 Å². The molecule has 0 radical (unpaired) electrons. The molecule has 0 unspecified atom stereocenters. The molecule has 1 saturated heterocycles. The lowest BCUT2D eigenvalue weighted by atomic mass is 10.00. The number of nitrogens with zero attached hydrogens (tertiary/aromatic N) is 4. The van der Waals surface area contributed by atoms with Gasteiger partial charge in [0.15, 0.2) is 0 Å². The molecule has 1 aromatic heterocycles. The van der Waals surface area contributed by atoms with Crippen LogP contribution in [0.2, 0.25) is 0 Å². The standard InChI is InChI=1S/C32H41N5O5S/c1-22(2)18-37(31(40)25-11-12-27(29(38)16-25)34-23(3)36-13-7-8-14-36)19-30(39)28(15-24-9-5-4-6-10-24)35-32(41)42-20-26-17-33-21-43-26/h4-6,9-12,16-17,21-22,28,30,38-39H,7-8,13-15,18-20H2,1-3H3,(H,35,41)/t28-,30-/m0/s1. The predicted molar refractivity (Wildman–Crippen MR) is 168 cm³/mol. The molecule has 1 aliphatic rings. The van der Waals surface area contributed by atoms with Crippen LogP contribution in [0.15, 0.2) is 65.2 Å². The van der Waals surface area contributed by atoms with Gasteiger partial charge in [0.05, 0.1) is 22.5 Å². The molecule has 1 fully saturated rings. The summed E-state index contributed by atoms with van der Waals surface area (Å²) < 4.78 is 5.36. The van der Waals surface area contributed by atoms with E-state index in [1.165, 1.54) is 17.4 Å². The van der Waals surface area contributed by atoms with Gasteiger partial charge in [-0.1, -0.05) is 44.2 Å². The summed E-state index contributed by atoms with van der Waals surface area (Å²) in [4.78, 5) is 39.5. The summed E-state index contributed by atoms with van der Waals surface area (Å²) in [5.74, 6) is 0.531. The lowest BCUT2D eigenvalue weighted by Crippen LogP contribution is -2.51. The van der Waals surface area contributed by atoms with E-state index < -0.39 is 18.2 Å². The number of carbonyl (C=O) groups is 2. The molecule has 3 N–H and O–H groups in total. The van der Waals surface area contributed by atoms with Crippen molar-refractivity contribution in [3.8, 4) is 5.75 Å². The highest BCUT2D eigenvalue weighted by Gasteiger charge is 2.28. The summed E-state index contributed by atoms with van der Waals surface area (Å²) >= 11 is 1.38. The number of aliphatic hydroxyl groups is 1. The largest absolute Gasteiger partial charge is 0.506 e. The quantitative estimate of drug-likeness (QED) is 0.196. The number of alkyl carbamates (subject to hydrolysis) is 1. The Hall–Kier alpha value is -3.96. The Morgan fingerprint density at radius 1 is 1.14 bits per heavy atom. The summed E-state index contributed by atoms with van der Waals surface area (Å²) in [5.41, 5.74) is 3.27. The molecule has 0 aliphatic carbocycles. The van der Waals surface area contributed by atoms with Gasteiger partial charge in [-0.3, -0.25) is 9.78 Å². The molecule has 43 heavy (non-hydrogen) atoms. The van der Waals surface area contributed by atoms with Crippen LogP contribution >= 0.6 is 11.3 Å². The molecule has 230 valence electrons. The third kappa shape index (κ3) is 9.52. The van der Waals surface area contributed by atoms with Crippen molar-refractivity contribution in [2.75, 3.05) is 26.2 Å². The maximum Gasteiger partial charge on any atom is 0.407 e. The third-order valence-electron chi connectivity index (χ3n) is 7.24. The first kappa shape index (κ1) is 32.0. The van der Waals surface area contributed by atoms with Crippen LogP contribution < -0.4 is 5.32 Å². The molecule has 2 aromatic carbocycles. The first-order chi connectivity index (χ1) is 20.7. The van der Waals surface area contributed by atoms with Crippen molar-refractivity contribution in [3.63, 3.8) is 0 Å². The zero-order valence-corrected chi connectivity index (χ0v) is 25.8. The number of thiazole rings is 1. The molecular formula is C32H41N5O5S. The van der Waals surface area contributed by atoms with E-state index >= 15 is 0 Å². The molecule has 2 atom stereocenters. The van der Waals surface area contributed by atoms with Gasteiger partial charge in [0, 0.05) is 37.9 Å². The Morgan fingerprint density at radius 3 is 2.53 bits per heavy atom. The van der Waals surface area contributed by atoms with Gasteiger partial charge in [-0.05, 0) is 55.9 Å². The van der Waals surface area contributed by atoms with Crippen LogP contribution in [0.25, 0.3) is 0 Å². The molecule has 10 nitrogen and oxygen atoms in total. The van der Waals surface area contributed by atoms with Crippen LogP contribution in [0, 0.1) is 5.92 Å². The molecule has 3 aromatic rings. The van der Waals surface area contributed by atoms with E-state index in [0.29, 0.717) is 24.2 Å². The van der Waals surface area contributed by atoms with E-state index in [4.69, 9.17) is 4.74 Å². The highest BCUT2D eigenvalue weighted by molar-refractivity contribution is 7.09. The number of aromatic nitrogens is 1. The van der Waals surface area contributed by atoms with Gasteiger partial charge < -0.3 is 30.1 Å². The first-order valence-corrected chi connectivity index (χ1v) is 15.5. The summed E-state index contributed by atoms with van der Waals surface area (Å²) in [6.07, 6.45) is 2.46. The van der Waals surface area contributed by atoms with Crippen LogP contribution in [0.1, 0.15) is 54.4 Å². The van der Waals surface area contributed by atoms with E-state index in [0.717, 1.165) is 42.2 Å². The number of aliphatic hydroxyl groups excluding tert-OH is 1. The Kier molecular flexibility index (Phi) is 11.5. The van der Waals surface area contributed by atoms with Crippen molar-refractivity contribution in [1.82, 2.24) is 20.1 Å². The van der Waals surface area contributed by atoms with E-state index in [9.17, 15) is 19.8 Å². The average Bonchev–Trinajstić information content (AvgIpc) is 3.71. The van der Waals surface area contributed by atoms with Gasteiger partial charge in [-0.25, -0.2) is 9.79 Å². The van der Waals surface area contributed by atoms with Crippen LogP contribution in [0.4, 0.5) is 10.5 Å². The van der Waals surface area contributed by atoms with Gasteiger partial charge >= 0.3 is 6.09 Å². The molecule has 2 heterocycles. The monoisotopic (exact) mass is 607 g/mol. The molecule has 0 saturated carbocycles. The smallest absolute Gasteiger partial charge is 0.407 e. The van der Waals surface area contributed by atoms with Crippen LogP contribution in [-0.4, -0.2) is 81.2 Å². The number of carbonyl (C=O) groups excluding carboxylic acids is 2. The number of hydrogen-bond donors (Lipinski definition) is 3. The van der Waals surface area contributed by atoms with E-state index in [1.54, 1.807) is 28.7 Å². The molecule has 0 bridgehead atoms. The molecular weight excluding hydrogens is 566 g/mol. The van der Waals surface area contributed by atoms with Crippen molar-refractivity contribution < 1.29 is 24.5 Å². The van der Waals surface area contributed by atoms with Gasteiger partial charge in [-0.15, -0.1) is 11.3 Å². The van der Waals surface area contributed by atoms with Crippen LogP contribution in [0.3, 0.4) is 0 Å². The highest BCUT2D eigenvalue weighted by atomic mass is 32.1. The molecule has 1 aliphatic heterocycles. The number of aliphatic imine (C=N–C) groups is 1. The Balaban J connectivity index is 1.48. The maximum absolute atomic E-state index is 13.7. The van der Waals surface area contributed by atoms with Crippen LogP contribution in [0.5, 0.6) is 5.75 Å². The minimum absolute atomic E-state index is 0.0294. The number of amides is 2. The van der Waals surface area contributed by atoms with E-state index in [2.05, 4.69) is 20.2 Å². The molecule has 11 heteroatoms. The van der Waals surface area contributed by atoms with E-state index in [-0.39, 0.29) is 30.7 Å². The lowest BCUT2D eigenvalue weighted by molar-refractivity contribution is 0.0493. The fourth-order valence-corrected chi connectivity index (χ4v) is 5.55. The van der Waals surface area contributed by atoms with Gasteiger partial charge in [0.2, 0.25) is 0 Å². The second kappa shape index (κ2) is 15.5. The minimum atomic E-state index is -1.10. The summed E-state index contributed by atoms with van der Waals surface area (Å²) in [6.45, 7) is 8.20. The van der Waals surface area contributed by atoms with Crippen molar-refractivity contribution >= 4 is 34.9 Å². The zero-order valence-electron chi connectivity index (χ0n) is 25.0. The first-order valence-electron chi connectivity index (χ1n) is 14.6. The molecule has 0 spiro atoms. The normalized spacial score (nSPS) is 14.9. The van der Waals surface area contributed by atoms with E-state index in [1.807, 2.05) is 51.1 Å². The highest BCUT2D eigenvalue weighted by Crippen LogP contribution is 2.29. The Bertz CT molecular complexity index is 1360. The van der Waals surface area contributed by atoms with Gasteiger partial charge in [-0.2, -0.15) is 0 Å². The number of amidine groups is 1. The summed E-state index contributed by atoms with van der Waals surface area (Å²) in [5, 5.41) is 24.9. The number of phenols is 1. The number of hydrogen-bond acceptors (Lipinski definition) is 8. The minimum Gasteiger partial charge on any atom is -0.506 e. The number of nitrogens with one attached hydrogen (secondary N) is 1. The van der Waals surface area contributed by atoms with Crippen molar-refractivity contribution in [2.45, 2.75) is 58.8 Å². The molecule has 2 amide bonds. The predicted octanol–water partition coefficient (Wildman–Crippen LogP) is 4.99. The number of rotatable bonds is 12. The van der Waals surface area contributed by atoms with Gasteiger partial charge in [0.25, 0.3) is 5.91 Å². The SMILES string of the molecule is CC(=Nc1ccc(C(=O)N(CC(C)C)C[C@H](O)[C@H](Cc2ccccc2)NC(=O)OCc2cncs2)cc1O)N1CCCC1. The Morgan fingerprint density at radius 2 is 1.88 bits per heavy atom. The van der Waals surface area contributed by atoms with Crippen molar-refractivity contribution in [2.24, 2.45) is 10.9 Å². The number of likely N-dealkylation sites (tertiary alicyclic amines) is 1. The maximum atomic E-state index is 13.7. The summed E-state index contributed by atoms with van der Waals surface area (Å²) in [6, 6.07) is 13.5. The molecule has 4 rings (SSSR count).